The molecule has 134 valence electrons. The maximum Gasteiger partial charge on any atom is 0.272 e. The second-order valence-electron chi connectivity index (χ2n) is 5.84. The Labute approximate surface area is 159 Å². The van der Waals surface area contributed by atoms with Crippen LogP contribution in [-0.4, -0.2) is 11.8 Å². The average molecular weight is 379 g/mol. The zero-order chi connectivity index (χ0) is 18.8. The number of para-hydroxylation sites is 1. The Balaban J connectivity index is 1.76. The molecule has 0 unspecified atom stereocenters. The van der Waals surface area contributed by atoms with E-state index in [-0.39, 0.29) is 16.2 Å². The zero-order valence-electron chi connectivity index (χ0n) is 14.1. The van der Waals surface area contributed by atoms with Gasteiger partial charge in [-0.2, -0.15) is 0 Å². The number of halogens is 1. The van der Waals surface area contributed by atoms with Crippen LogP contribution in [0.5, 0.6) is 0 Å². The lowest BCUT2D eigenvalue weighted by Crippen LogP contribution is -2.32. The molecular formula is C21H14FNO3S. The van der Waals surface area contributed by atoms with Gasteiger partial charge >= 0.3 is 0 Å². The highest BCUT2D eigenvalue weighted by molar-refractivity contribution is 8.03. The first-order valence-electron chi connectivity index (χ1n) is 8.25. The van der Waals surface area contributed by atoms with E-state index in [1.54, 1.807) is 48.7 Å². The van der Waals surface area contributed by atoms with Crippen molar-refractivity contribution in [3.05, 3.63) is 95.0 Å². The van der Waals surface area contributed by atoms with E-state index >= 15 is 0 Å². The van der Waals surface area contributed by atoms with Gasteiger partial charge in [0.25, 0.3) is 11.8 Å². The molecule has 2 amide bonds. The van der Waals surface area contributed by atoms with Gasteiger partial charge in [-0.25, -0.2) is 9.29 Å². The first-order valence-corrected chi connectivity index (χ1v) is 9.23. The van der Waals surface area contributed by atoms with Gasteiger partial charge in [0.05, 0.1) is 28.2 Å². The number of furan rings is 1. The molecule has 1 aliphatic rings. The predicted octanol–water partition coefficient (Wildman–Crippen LogP) is 4.64. The van der Waals surface area contributed by atoms with Crippen molar-refractivity contribution < 1.29 is 18.4 Å². The van der Waals surface area contributed by atoms with Crippen LogP contribution in [0.3, 0.4) is 0 Å². The Bertz CT molecular complexity index is 1030. The van der Waals surface area contributed by atoms with Crippen LogP contribution in [0.4, 0.5) is 10.1 Å². The number of amides is 2. The second kappa shape index (κ2) is 7.25. The Morgan fingerprint density at radius 1 is 0.889 bits per heavy atom. The van der Waals surface area contributed by atoms with Gasteiger partial charge in [-0.15, -0.1) is 11.8 Å². The van der Waals surface area contributed by atoms with Crippen LogP contribution >= 0.6 is 11.8 Å². The largest absolute Gasteiger partial charge is 0.468 e. The minimum absolute atomic E-state index is 0.0467. The van der Waals surface area contributed by atoms with Crippen molar-refractivity contribution in [3.8, 4) is 0 Å². The molecule has 0 aliphatic carbocycles. The van der Waals surface area contributed by atoms with E-state index in [2.05, 4.69) is 0 Å². The van der Waals surface area contributed by atoms with Gasteiger partial charge in [-0.1, -0.05) is 42.5 Å². The van der Waals surface area contributed by atoms with Gasteiger partial charge in [0.2, 0.25) is 0 Å². The third-order valence-electron chi connectivity index (χ3n) is 4.14. The van der Waals surface area contributed by atoms with Crippen molar-refractivity contribution in [2.75, 3.05) is 4.90 Å². The lowest BCUT2D eigenvalue weighted by molar-refractivity contribution is -0.119. The Morgan fingerprint density at radius 3 is 2.33 bits per heavy atom. The van der Waals surface area contributed by atoms with Crippen LogP contribution in [0.15, 0.2) is 82.3 Å². The summed E-state index contributed by atoms with van der Waals surface area (Å²) in [6.07, 6.45) is 1.55. The third kappa shape index (κ3) is 3.19. The van der Waals surface area contributed by atoms with E-state index in [1.807, 2.05) is 6.07 Å². The molecule has 0 fully saturated rings. The maximum atomic E-state index is 14.3. The zero-order valence-corrected chi connectivity index (χ0v) is 14.9. The summed E-state index contributed by atoms with van der Waals surface area (Å²) in [6, 6.07) is 18.3. The number of anilines is 1. The lowest BCUT2D eigenvalue weighted by Gasteiger charge is -2.15. The molecule has 4 rings (SSSR count). The summed E-state index contributed by atoms with van der Waals surface area (Å²) in [7, 11) is 0. The maximum absolute atomic E-state index is 14.3. The summed E-state index contributed by atoms with van der Waals surface area (Å²) in [5.74, 6) is -0.602. The number of carbonyl (C=O) groups excluding carboxylic acids is 2. The highest BCUT2D eigenvalue weighted by atomic mass is 32.2. The molecule has 1 aliphatic heterocycles. The number of hydrogen-bond acceptors (Lipinski definition) is 4. The quantitative estimate of drug-likeness (QED) is 0.606. The van der Waals surface area contributed by atoms with Gasteiger partial charge in [-0.3, -0.25) is 9.59 Å². The van der Waals surface area contributed by atoms with E-state index in [0.29, 0.717) is 17.1 Å². The SMILES string of the molecule is O=C1C(SCc2ccco2)=C(c2ccccc2)C(=O)N1c1ccccc1F. The fourth-order valence-electron chi connectivity index (χ4n) is 2.89. The van der Waals surface area contributed by atoms with Gasteiger partial charge < -0.3 is 4.42 Å². The molecule has 0 spiro atoms. The molecule has 0 N–H and O–H groups in total. The summed E-state index contributed by atoms with van der Waals surface area (Å²) in [5.41, 5.74) is 0.853. The minimum atomic E-state index is -0.621. The van der Waals surface area contributed by atoms with Crippen LogP contribution in [0.2, 0.25) is 0 Å². The highest BCUT2D eigenvalue weighted by Crippen LogP contribution is 2.40. The Hall–Kier alpha value is -3.12. The van der Waals surface area contributed by atoms with Gasteiger partial charge in [0.15, 0.2) is 0 Å². The molecule has 2 heterocycles. The lowest BCUT2D eigenvalue weighted by atomic mass is 10.1. The van der Waals surface area contributed by atoms with Crippen molar-refractivity contribution >= 4 is 34.8 Å². The van der Waals surface area contributed by atoms with E-state index in [9.17, 15) is 14.0 Å². The molecule has 0 saturated carbocycles. The standard InChI is InChI=1S/C21H14FNO3S/c22-16-10-4-5-11-17(16)23-20(24)18(14-7-2-1-3-8-14)19(21(23)25)27-13-15-9-6-12-26-15/h1-12H,13H2. The van der Waals surface area contributed by atoms with Crippen LogP contribution in [0, 0.1) is 5.82 Å². The average Bonchev–Trinajstić information content (AvgIpc) is 3.28. The van der Waals surface area contributed by atoms with Crippen molar-refractivity contribution in [3.63, 3.8) is 0 Å². The number of hydrogen-bond donors (Lipinski definition) is 0. The normalized spacial score (nSPS) is 14.3. The van der Waals surface area contributed by atoms with E-state index in [1.165, 1.54) is 30.0 Å². The first kappa shape index (κ1) is 17.3. The molecule has 6 heteroatoms. The van der Waals surface area contributed by atoms with E-state index in [4.69, 9.17) is 4.42 Å². The van der Waals surface area contributed by atoms with E-state index in [0.717, 1.165) is 4.90 Å². The van der Waals surface area contributed by atoms with Crippen molar-refractivity contribution in [1.82, 2.24) is 0 Å². The monoisotopic (exact) mass is 379 g/mol. The fraction of sp³-hybridized carbons (Fsp3) is 0.0476. The molecule has 4 nitrogen and oxygen atoms in total. The second-order valence-corrected chi connectivity index (χ2v) is 6.82. The minimum Gasteiger partial charge on any atom is -0.468 e. The first-order chi connectivity index (χ1) is 13.2. The third-order valence-corrected chi connectivity index (χ3v) is 5.23. The number of imide groups is 1. The van der Waals surface area contributed by atoms with Crippen LogP contribution in [-0.2, 0) is 15.3 Å². The van der Waals surface area contributed by atoms with Crippen molar-refractivity contribution in [2.45, 2.75) is 5.75 Å². The Kier molecular flexibility index (Phi) is 4.64. The molecule has 0 atom stereocenters. The molecule has 2 aromatic carbocycles. The number of carbonyl (C=O) groups is 2. The summed E-state index contributed by atoms with van der Waals surface area (Å²) in [5, 5.41) is 0. The summed E-state index contributed by atoms with van der Waals surface area (Å²) >= 11 is 1.21. The number of rotatable bonds is 5. The fourth-order valence-corrected chi connectivity index (χ4v) is 3.91. The number of thioether (sulfide) groups is 1. The Morgan fingerprint density at radius 2 is 1.63 bits per heavy atom. The van der Waals surface area contributed by atoms with E-state index < -0.39 is 17.6 Å². The van der Waals surface area contributed by atoms with Crippen molar-refractivity contribution in [2.24, 2.45) is 0 Å². The molecule has 0 radical (unpaired) electrons. The van der Waals surface area contributed by atoms with Gasteiger partial charge in [-0.05, 0) is 29.8 Å². The molecule has 3 aromatic rings. The van der Waals surface area contributed by atoms with Gasteiger partial charge in [0.1, 0.15) is 11.6 Å². The van der Waals surface area contributed by atoms with Crippen LogP contribution in [0.1, 0.15) is 11.3 Å². The smallest absolute Gasteiger partial charge is 0.272 e. The van der Waals surface area contributed by atoms with Crippen LogP contribution in [0.25, 0.3) is 5.57 Å². The topological polar surface area (TPSA) is 50.5 Å². The molecule has 27 heavy (non-hydrogen) atoms. The molecular weight excluding hydrogens is 365 g/mol. The number of benzene rings is 2. The summed E-state index contributed by atoms with van der Waals surface area (Å²) in [4.78, 5) is 27.3. The molecule has 0 bridgehead atoms. The predicted molar refractivity (Wildman–Crippen MR) is 102 cm³/mol. The summed E-state index contributed by atoms with van der Waals surface area (Å²) in [6.45, 7) is 0. The highest BCUT2D eigenvalue weighted by Gasteiger charge is 2.41. The van der Waals surface area contributed by atoms with Crippen LogP contribution < -0.4 is 4.90 Å². The van der Waals surface area contributed by atoms with Gasteiger partial charge in [0, 0.05) is 0 Å². The summed E-state index contributed by atoms with van der Waals surface area (Å²) < 4.78 is 19.6. The molecule has 0 saturated heterocycles. The molecule has 1 aromatic heterocycles. The number of nitrogens with zero attached hydrogens (tertiary/aromatic N) is 1. The van der Waals surface area contributed by atoms with Crippen molar-refractivity contribution in [1.29, 1.82) is 0 Å².